The number of methoxy groups -OCH3 is 1. The molecular formula is C10H20O3. The normalized spacial score (nSPS) is 21.5. The van der Waals surface area contributed by atoms with Gasteiger partial charge in [0.2, 0.25) is 0 Å². The minimum Gasteiger partial charge on any atom is -0.385 e. The summed E-state index contributed by atoms with van der Waals surface area (Å²) >= 11 is 0. The van der Waals surface area contributed by atoms with Crippen LogP contribution in [0.4, 0.5) is 0 Å². The number of hydrogen-bond acceptors (Lipinski definition) is 3. The molecule has 1 atom stereocenters. The summed E-state index contributed by atoms with van der Waals surface area (Å²) in [7, 11) is 1.62. The standard InChI is InChI=1S/C10H20O3/c1-3-6-13-8-10(11,7-12-2)9-4-5-9/h9,11H,3-8H2,1-2H3. The van der Waals surface area contributed by atoms with Gasteiger partial charge in [0.1, 0.15) is 5.60 Å². The second kappa shape index (κ2) is 4.94. The summed E-state index contributed by atoms with van der Waals surface area (Å²) in [6.07, 6.45) is 3.21. The lowest BCUT2D eigenvalue weighted by atomic mass is 10.0. The smallest absolute Gasteiger partial charge is 0.114 e. The molecule has 3 nitrogen and oxygen atoms in total. The van der Waals surface area contributed by atoms with Gasteiger partial charge in [-0.25, -0.2) is 0 Å². The first-order chi connectivity index (χ1) is 6.23. The molecule has 0 heterocycles. The fourth-order valence-electron chi connectivity index (χ4n) is 1.54. The lowest BCUT2D eigenvalue weighted by molar-refractivity contribution is -0.100. The van der Waals surface area contributed by atoms with Gasteiger partial charge in [0.05, 0.1) is 13.2 Å². The summed E-state index contributed by atoms with van der Waals surface area (Å²) in [5.41, 5.74) is -0.732. The van der Waals surface area contributed by atoms with E-state index in [2.05, 4.69) is 6.92 Å². The van der Waals surface area contributed by atoms with Crippen molar-refractivity contribution in [3.63, 3.8) is 0 Å². The van der Waals surface area contributed by atoms with Crippen molar-refractivity contribution in [2.75, 3.05) is 26.9 Å². The third-order valence-corrected chi connectivity index (χ3v) is 2.43. The minimum atomic E-state index is -0.732. The maximum Gasteiger partial charge on any atom is 0.114 e. The number of ether oxygens (including phenoxy) is 2. The van der Waals surface area contributed by atoms with E-state index in [1.54, 1.807) is 7.11 Å². The highest BCUT2D eigenvalue weighted by Gasteiger charge is 2.44. The molecule has 0 bridgehead atoms. The quantitative estimate of drug-likeness (QED) is 0.610. The Morgan fingerprint density at radius 3 is 2.54 bits per heavy atom. The highest BCUT2D eigenvalue weighted by Crippen LogP contribution is 2.40. The zero-order chi connectivity index (χ0) is 9.73. The SMILES string of the molecule is CCCOCC(O)(COC)C1CC1. The van der Waals surface area contributed by atoms with Crippen molar-refractivity contribution < 1.29 is 14.6 Å². The van der Waals surface area contributed by atoms with Crippen LogP contribution in [0, 0.1) is 5.92 Å². The molecule has 0 aromatic heterocycles. The highest BCUT2D eigenvalue weighted by atomic mass is 16.5. The van der Waals surface area contributed by atoms with Crippen molar-refractivity contribution in [1.82, 2.24) is 0 Å². The molecule has 0 aromatic rings. The fourth-order valence-corrected chi connectivity index (χ4v) is 1.54. The maximum absolute atomic E-state index is 10.1. The van der Waals surface area contributed by atoms with Crippen LogP contribution in [0.25, 0.3) is 0 Å². The molecule has 1 saturated carbocycles. The lowest BCUT2D eigenvalue weighted by Crippen LogP contribution is -2.41. The molecule has 3 heteroatoms. The zero-order valence-electron chi connectivity index (χ0n) is 8.58. The van der Waals surface area contributed by atoms with Crippen molar-refractivity contribution in [1.29, 1.82) is 0 Å². The van der Waals surface area contributed by atoms with Gasteiger partial charge in [-0.3, -0.25) is 0 Å². The first-order valence-electron chi connectivity index (χ1n) is 5.02. The zero-order valence-corrected chi connectivity index (χ0v) is 8.58. The van der Waals surface area contributed by atoms with Crippen LogP contribution in [0.5, 0.6) is 0 Å². The topological polar surface area (TPSA) is 38.7 Å². The first-order valence-corrected chi connectivity index (χ1v) is 5.02. The number of aliphatic hydroxyl groups is 1. The Labute approximate surface area is 80.0 Å². The van der Waals surface area contributed by atoms with E-state index >= 15 is 0 Å². The Hall–Kier alpha value is -0.120. The van der Waals surface area contributed by atoms with Gasteiger partial charge in [0, 0.05) is 13.7 Å². The lowest BCUT2D eigenvalue weighted by Gasteiger charge is -2.26. The van der Waals surface area contributed by atoms with Crippen LogP contribution in [-0.4, -0.2) is 37.6 Å². The summed E-state index contributed by atoms with van der Waals surface area (Å²) in [6.45, 7) is 3.59. The van der Waals surface area contributed by atoms with Gasteiger partial charge in [0.15, 0.2) is 0 Å². The number of rotatable bonds is 7. The molecule has 13 heavy (non-hydrogen) atoms. The third kappa shape index (κ3) is 3.25. The van der Waals surface area contributed by atoms with Crippen LogP contribution >= 0.6 is 0 Å². The van der Waals surface area contributed by atoms with Crippen molar-refractivity contribution >= 4 is 0 Å². The monoisotopic (exact) mass is 188 g/mol. The maximum atomic E-state index is 10.1. The minimum absolute atomic E-state index is 0.390. The van der Waals surface area contributed by atoms with Crippen molar-refractivity contribution in [2.45, 2.75) is 31.8 Å². The fraction of sp³-hybridized carbons (Fsp3) is 1.00. The van der Waals surface area contributed by atoms with Crippen LogP contribution in [0.15, 0.2) is 0 Å². The Morgan fingerprint density at radius 2 is 2.08 bits per heavy atom. The van der Waals surface area contributed by atoms with Crippen LogP contribution in [0.3, 0.4) is 0 Å². The van der Waals surface area contributed by atoms with Crippen LogP contribution in [0.1, 0.15) is 26.2 Å². The van der Waals surface area contributed by atoms with Crippen LogP contribution in [0.2, 0.25) is 0 Å². The molecule has 0 radical (unpaired) electrons. The van der Waals surface area contributed by atoms with Crippen molar-refractivity contribution in [2.24, 2.45) is 5.92 Å². The molecule has 0 amide bonds. The van der Waals surface area contributed by atoms with Crippen LogP contribution in [-0.2, 0) is 9.47 Å². The average molecular weight is 188 g/mol. The van der Waals surface area contributed by atoms with E-state index in [0.717, 1.165) is 25.9 Å². The molecular weight excluding hydrogens is 168 g/mol. The van der Waals surface area contributed by atoms with Gasteiger partial charge in [-0.15, -0.1) is 0 Å². The summed E-state index contributed by atoms with van der Waals surface area (Å²) in [5, 5.41) is 10.1. The molecule has 1 unspecified atom stereocenters. The predicted octanol–water partition coefficient (Wildman–Crippen LogP) is 1.20. The second-order valence-electron chi connectivity index (χ2n) is 3.86. The Bertz CT molecular complexity index is 145. The molecule has 78 valence electrons. The largest absolute Gasteiger partial charge is 0.385 e. The molecule has 0 aromatic carbocycles. The van der Waals surface area contributed by atoms with Crippen molar-refractivity contribution in [3.05, 3.63) is 0 Å². The van der Waals surface area contributed by atoms with Gasteiger partial charge in [-0.1, -0.05) is 6.92 Å². The molecule has 1 N–H and O–H groups in total. The molecule has 0 spiro atoms. The van der Waals surface area contributed by atoms with Gasteiger partial charge >= 0.3 is 0 Å². The molecule has 0 aliphatic heterocycles. The first kappa shape index (κ1) is 11.0. The Morgan fingerprint density at radius 1 is 1.38 bits per heavy atom. The predicted molar refractivity (Wildman–Crippen MR) is 50.7 cm³/mol. The van der Waals surface area contributed by atoms with E-state index in [1.165, 1.54) is 0 Å². The van der Waals surface area contributed by atoms with Gasteiger partial charge in [-0.2, -0.15) is 0 Å². The Balaban J connectivity index is 2.28. The van der Waals surface area contributed by atoms with Gasteiger partial charge in [-0.05, 0) is 25.2 Å². The van der Waals surface area contributed by atoms with E-state index in [9.17, 15) is 5.11 Å². The number of hydrogen-bond donors (Lipinski definition) is 1. The van der Waals surface area contributed by atoms with Gasteiger partial charge < -0.3 is 14.6 Å². The van der Waals surface area contributed by atoms with E-state index in [-0.39, 0.29) is 0 Å². The molecule has 1 aliphatic carbocycles. The third-order valence-electron chi connectivity index (χ3n) is 2.43. The second-order valence-corrected chi connectivity index (χ2v) is 3.86. The van der Waals surface area contributed by atoms with E-state index < -0.39 is 5.60 Å². The average Bonchev–Trinajstić information content (AvgIpc) is 2.87. The molecule has 1 fully saturated rings. The summed E-state index contributed by atoms with van der Waals surface area (Å²) in [5.74, 6) is 0.393. The van der Waals surface area contributed by atoms with E-state index in [4.69, 9.17) is 9.47 Å². The molecule has 1 rings (SSSR count). The molecule has 0 saturated heterocycles. The highest BCUT2D eigenvalue weighted by molar-refractivity contribution is 4.94. The van der Waals surface area contributed by atoms with Gasteiger partial charge in [0.25, 0.3) is 0 Å². The van der Waals surface area contributed by atoms with Crippen molar-refractivity contribution in [3.8, 4) is 0 Å². The summed E-state index contributed by atoms with van der Waals surface area (Å²) in [4.78, 5) is 0. The Kier molecular flexibility index (Phi) is 4.16. The van der Waals surface area contributed by atoms with Crippen LogP contribution < -0.4 is 0 Å². The van der Waals surface area contributed by atoms with E-state index in [1.807, 2.05) is 0 Å². The summed E-state index contributed by atoms with van der Waals surface area (Å²) in [6, 6.07) is 0. The van der Waals surface area contributed by atoms with E-state index in [0.29, 0.717) is 19.1 Å². The summed E-state index contributed by atoms with van der Waals surface area (Å²) < 4.78 is 10.4. The molecule has 1 aliphatic rings.